The molecule has 7 heteroatoms. The van der Waals surface area contributed by atoms with E-state index in [4.69, 9.17) is 16.1 Å². The first-order valence-electron chi connectivity index (χ1n) is 4.83. The third-order valence-electron chi connectivity index (χ3n) is 1.99. The van der Waals surface area contributed by atoms with Crippen molar-refractivity contribution in [2.24, 2.45) is 0 Å². The maximum atomic E-state index is 11.7. The van der Waals surface area contributed by atoms with Crippen molar-refractivity contribution in [2.45, 2.75) is 13.5 Å². The van der Waals surface area contributed by atoms with Gasteiger partial charge in [-0.15, -0.1) is 0 Å². The third kappa shape index (κ3) is 2.79. The molecule has 0 saturated carbocycles. The van der Waals surface area contributed by atoms with Gasteiger partial charge >= 0.3 is 0 Å². The zero-order valence-electron chi connectivity index (χ0n) is 8.98. The first-order valence-corrected chi connectivity index (χ1v) is 5.21. The highest BCUT2D eigenvalue weighted by molar-refractivity contribution is 6.33. The predicted molar refractivity (Wildman–Crippen MR) is 59.5 cm³/mol. The minimum Gasteiger partial charge on any atom is -0.345 e. The second-order valence-corrected chi connectivity index (χ2v) is 3.68. The van der Waals surface area contributed by atoms with Crippen LogP contribution in [0.4, 0.5) is 0 Å². The molecule has 0 fully saturated rings. The van der Waals surface area contributed by atoms with Crippen molar-refractivity contribution in [1.29, 1.82) is 0 Å². The van der Waals surface area contributed by atoms with Gasteiger partial charge in [-0.2, -0.15) is 4.98 Å². The van der Waals surface area contributed by atoms with E-state index < -0.39 is 0 Å². The highest BCUT2D eigenvalue weighted by atomic mass is 35.5. The molecule has 0 saturated heterocycles. The summed E-state index contributed by atoms with van der Waals surface area (Å²) in [4.78, 5) is 19.5. The van der Waals surface area contributed by atoms with Crippen LogP contribution in [0.25, 0.3) is 0 Å². The van der Waals surface area contributed by atoms with Gasteiger partial charge in [-0.3, -0.25) is 9.78 Å². The van der Waals surface area contributed by atoms with Crippen LogP contribution < -0.4 is 5.32 Å². The fraction of sp³-hybridized carbons (Fsp3) is 0.200. The second kappa shape index (κ2) is 4.92. The van der Waals surface area contributed by atoms with Crippen LogP contribution >= 0.6 is 11.6 Å². The Morgan fingerprint density at radius 3 is 3.06 bits per heavy atom. The SMILES string of the molecule is Cc1nc(CNC(=O)c2ccncc2Cl)no1. The van der Waals surface area contributed by atoms with Gasteiger partial charge in [0.15, 0.2) is 5.82 Å². The van der Waals surface area contributed by atoms with Crippen molar-refractivity contribution in [3.8, 4) is 0 Å². The summed E-state index contributed by atoms with van der Waals surface area (Å²) in [6.07, 6.45) is 2.91. The Balaban J connectivity index is 2.01. The molecule has 0 bridgehead atoms. The van der Waals surface area contributed by atoms with Gasteiger partial charge in [0.05, 0.1) is 17.1 Å². The average molecular weight is 253 g/mol. The Bertz CT molecular complexity index is 541. The first-order chi connectivity index (χ1) is 8.16. The summed E-state index contributed by atoms with van der Waals surface area (Å²) in [5.41, 5.74) is 0.363. The molecule has 0 aliphatic heterocycles. The lowest BCUT2D eigenvalue weighted by atomic mass is 10.2. The van der Waals surface area contributed by atoms with Gasteiger partial charge < -0.3 is 9.84 Å². The molecule has 2 aromatic rings. The molecule has 2 aromatic heterocycles. The lowest BCUT2D eigenvalue weighted by Crippen LogP contribution is -2.23. The van der Waals surface area contributed by atoms with E-state index in [1.165, 1.54) is 12.4 Å². The quantitative estimate of drug-likeness (QED) is 0.892. The fourth-order valence-electron chi connectivity index (χ4n) is 1.23. The van der Waals surface area contributed by atoms with E-state index in [0.29, 0.717) is 22.3 Å². The maximum absolute atomic E-state index is 11.7. The van der Waals surface area contributed by atoms with Gasteiger partial charge in [0, 0.05) is 19.3 Å². The van der Waals surface area contributed by atoms with Crippen LogP contribution in [0.15, 0.2) is 23.0 Å². The number of amides is 1. The highest BCUT2D eigenvalue weighted by Crippen LogP contribution is 2.12. The zero-order chi connectivity index (χ0) is 12.3. The Labute approximate surface area is 102 Å². The molecule has 17 heavy (non-hydrogen) atoms. The van der Waals surface area contributed by atoms with Gasteiger partial charge in [0.25, 0.3) is 5.91 Å². The molecule has 2 heterocycles. The van der Waals surface area contributed by atoms with Crippen LogP contribution in [0, 0.1) is 6.92 Å². The molecule has 0 aliphatic rings. The minimum atomic E-state index is -0.306. The van der Waals surface area contributed by atoms with E-state index in [-0.39, 0.29) is 12.5 Å². The molecule has 0 aliphatic carbocycles. The van der Waals surface area contributed by atoms with Gasteiger partial charge in [0.2, 0.25) is 5.89 Å². The molecule has 0 unspecified atom stereocenters. The molecule has 0 spiro atoms. The van der Waals surface area contributed by atoms with E-state index in [9.17, 15) is 4.79 Å². The summed E-state index contributed by atoms with van der Waals surface area (Å²) in [6.45, 7) is 1.87. The molecule has 0 atom stereocenters. The lowest BCUT2D eigenvalue weighted by molar-refractivity contribution is 0.0949. The summed E-state index contributed by atoms with van der Waals surface area (Å²) >= 11 is 5.83. The smallest absolute Gasteiger partial charge is 0.253 e. The molecule has 1 N–H and O–H groups in total. The van der Waals surface area contributed by atoms with Crippen molar-refractivity contribution < 1.29 is 9.32 Å². The number of halogens is 1. The van der Waals surface area contributed by atoms with E-state index in [2.05, 4.69) is 20.4 Å². The molecular formula is C10H9ClN4O2. The number of aromatic nitrogens is 3. The number of rotatable bonds is 3. The van der Waals surface area contributed by atoms with Crippen LogP contribution in [-0.4, -0.2) is 21.0 Å². The van der Waals surface area contributed by atoms with Crippen LogP contribution in [0.5, 0.6) is 0 Å². The molecule has 88 valence electrons. The molecule has 0 aromatic carbocycles. The van der Waals surface area contributed by atoms with Crippen molar-refractivity contribution in [3.05, 3.63) is 40.8 Å². The molecule has 6 nitrogen and oxygen atoms in total. The molecule has 1 amide bonds. The van der Waals surface area contributed by atoms with E-state index in [0.717, 1.165) is 0 Å². The van der Waals surface area contributed by atoms with Crippen LogP contribution in [0.1, 0.15) is 22.1 Å². The normalized spacial score (nSPS) is 10.2. The topological polar surface area (TPSA) is 80.9 Å². The van der Waals surface area contributed by atoms with Crippen LogP contribution in [-0.2, 0) is 6.54 Å². The summed E-state index contributed by atoms with van der Waals surface area (Å²) in [7, 11) is 0. The van der Waals surface area contributed by atoms with Crippen molar-refractivity contribution in [3.63, 3.8) is 0 Å². The largest absolute Gasteiger partial charge is 0.345 e. The van der Waals surface area contributed by atoms with Crippen LogP contribution in [0.3, 0.4) is 0 Å². The number of pyridine rings is 1. The Kier molecular flexibility index (Phi) is 3.34. The van der Waals surface area contributed by atoms with E-state index >= 15 is 0 Å². The van der Waals surface area contributed by atoms with Crippen molar-refractivity contribution in [2.75, 3.05) is 0 Å². The number of nitrogens with zero attached hydrogens (tertiary/aromatic N) is 3. The number of carbonyl (C=O) groups excluding carboxylic acids is 1. The number of hydrogen-bond donors (Lipinski definition) is 1. The van der Waals surface area contributed by atoms with Gasteiger partial charge in [-0.25, -0.2) is 0 Å². The Hall–Kier alpha value is -1.95. The molecule has 2 rings (SSSR count). The van der Waals surface area contributed by atoms with Gasteiger partial charge in [-0.1, -0.05) is 16.8 Å². The standard InChI is InChI=1S/C10H9ClN4O2/c1-6-14-9(15-17-6)5-13-10(16)7-2-3-12-4-8(7)11/h2-4H,5H2,1H3,(H,13,16). The third-order valence-corrected chi connectivity index (χ3v) is 2.29. The summed E-state index contributed by atoms with van der Waals surface area (Å²) < 4.78 is 4.78. The first kappa shape index (κ1) is 11.5. The average Bonchev–Trinajstić information content (AvgIpc) is 2.73. The monoisotopic (exact) mass is 252 g/mol. The number of hydrogen-bond acceptors (Lipinski definition) is 5. The van der Waals surface area contributed by atoms with Gasteiger partial charge in [0.1, 0.15) is 0 Å². The number of nitrogens with one attached hydrogen (secondary N) is 1. The summed E-state index contributed by atoms with van der Waals surface area (Å²) in [5.74, 6) is 0.567. The fourth-order valence-corrected chi connectivity index (χ4v) is 1.43. The van der Waals surface area contributed by atoms with Gasteiger partial charge in [-0.05, 0) is 6.07 Å². The summed E-state index contributed by atoms with van der Waals surface area (Å²) in [6, 6.07) is 1.54. The number of aryl methyl sites for hydroxylation is 1. The molecule has 0 radical (unpaired) electrons. The van der Waals surface area contributed by atoms with Crippen molar-refractivity contribution >= 4 is 17.5 Å². The minimum absolute atomic E-state index is 0.189. The lowest BCUT2D eigenvalue weighted by Gasteiger charge is -2.03. The van der Waals surface area contributed by atoms with Crippen LogP contribution in [0.2, 0.25) is 5.02 Å². The summed E-state index contributed by atoms with van der Waals surface area (Å²) in [5, 5.41) is 6.59. The zero-order valence-corrected chi connectivity index (χ0v) is 9.73. The Morgan fingerprint density at radius 2 is 2.41 bits per heavy atom. The van der Waals surface area contributed by atoms with Crippen molar-refractivity contribution in [1.82, 2.24) is 20.4 Å². The maximum Gasteiger partial charge on any atom is 0.253 e. The van der Waals surface area contributed by atoms with E-state index in [1.807, 2.05) is 0 Å². The Morgan fingerprint density at radius 1 is 1.59 bits per heavy atom. The number of carbonyl (C=O) groups is 1. The second-order valence-electron chi connectivity index (χ2n) is 3.27. The van der Waals surface area contributed by atoms with E-state index in [1.54, 1.807) is 13.0 Å². The molecular weight excluding hydrogens is 244 g/mol. The predicted octanol–water partition coefficient (Wildman–Crippen LogP) is 1.36. The highest BCUT2D eigenvalue weighted by Gasteiger charge is 2.10.